The summed E-state index contributed by atoms with van der Waals surface area (Å²) < 4.78 is 26.8. The molecule has 0 bridgehead atoms. The second-order valence-corrected chi connectivity index (χ2v) is 5.54. The van der Waals surface area contributed by atoms with E-state index in [2.05, 4.69) is 0 Å². The Balaban J connectivity index is 2.64. The van der Waals surface area contributed by atoms with Crippen molar-refractivity contribution in [1.82, 2.24) is 0 Å². The molecule has 1 fully saturated rings. The van der Waals surface area contributed by atoms with Gasteiger partial charge >= 0.3 is 0 Å². The maximum Gasteiger partial charge on any atom is 0.148 e. The maximum absolute atomic E-state index is 10.9. The lowest BCUT2D eigenvalue weighted by Crippen LogP contribution is -2.47. The molecule has 68 valence electrons. The van der Waals surface area contributed by atoms with Gasteiger partial charge in [0, 0.05) is 18.1 Å². The average molecular weight is 189 g/mol. The minimum atomic E-state index is -3.00. The molecule has 1 heterocycles. The van der Waals surface area contributed by atoms with Gasteiger partial charge < -0.3 is 4.74 Å². The van der Waals surface area contributed by atoms with Crippen molar-refractivity contribution in [3.05, 3.63) is 0 Å². The number of nitriles is 1. The van der Waals surface area contributed by atoms with E-state index >= 15 is 0 Å². The van der Waals surface area contributed by atoms with Crippen LogP contribution in [0.1, 0.15) is 6.42 Å². The maximum atomic E-state index is 10.9. The predicted molar refractivity (Wildman–Crippen MR) is 43.2 cm³/mol. The Labute approximate surface area is 72.1 Å². The largest absolute Gasteiger partial charge is 0.380 e. The highest BCUT2D eigenvalue weighted by atomic mass is 32.2. The molecule has 0 radical (unpaired) electrons. The van der Waals surface area contributed by atoms with E-state index in [0.29, 0.717) is 13.2 Å². The Kier molecular flexibility index (Phi) is 2.40. The minimum absolute atomic E-state index is 0.0631. The van der Waals surface area contributed by atoms with Gasteiger partial charge in [-0.05, 0) is 0 Å². The van der Waals surface area contributed by atoms with E-state index in [9.17, 15) is 8.42 Å². The molecule has 0 aromatic carbocycles. The summed E-state index contributed by atoms with van der Waals surface area (Å²) in [5.41, 5.74) is -0.414. The van der Waals surface area contributed by atoms with Crippen LogP contribution in [0.5, 0.6) is 0 Å². The molecule has 12 heavy (non-hydrogen) atoms. The van der Waals surface area contributed by atoms with Crippen LogP contribution in [0, 0.1) is 16.7 Å². The van der Waals surface area contributed by atoms with E-state index in [0.717, 1.165) is 0 Å². The van der Waals surface area contributed by atoms with E-state index in [1.165, 1.54) is 6.26 Å². The van der Waals surface area contributed by atoms with Gasteiger partial charge in [0.25, 0.3) is 0 Å². The predicted octanol–water partition coefficient (Wildman–Crippen LogP) is -0.0387. The fourth-order valence-corrected chi connectivity index (χ4v) is 2.73. The van der Waals surface area contributed by atoms with Gasteiger partial charge in [-0.3, -0.25) is 0 Å². The molecule has 0 spiro atoms. The molecule has 0 aromatic rings. The van der Waals surface area contributed by atoms with Gasteiger partial charge in [0.05, 0.1) is 25.0 Å². The Bertz CT molecular complexity index is 297. The number of hydrogen-bond donors (Lipinski definition) is 0. The molecular formula is C7H11NO3S. The van der Waals surface area contributed by atoms with Crippen molar-refractivity contribution >= 4 is 9.84 Å². The second-order valence-electron chi connectivity index (χ2n) is 3.40. The zero-order valence-electron chi connectivity index (χ0n) is 6.91. The monoisotopic (exact) mass is 189 g/mol. The first kappa shape index (κ1) is 9.49. The van der Waals surface area contributed by atoms with Crippen molar-refractivity contribution in [1.29, 1.82) is 5.26 Å². The van der Waals surface area contributed by atoms with Crippen LogP contribution in [-0.4, -0.2) is 33.6 Å². The van der Waals surface area contributed by atoms with Crippen LogP contribution in [0.15, 0.2) is 0 Å². The fraction of sp³-hybridized carbons (Fsp3) is 0.857. The van der Waals surface area contributed by atoms with E-state index < -0.39 is 15.3 Å². The molecule has 4 nitrogen and oxygen atoms in total. The summed E-state index contributed by atoms with van der Waals surface area (Å²) in [5, 5.41) is 8.46. The Morgan fingerprint density at radius 2 is 2.17 bits per heavy atom. The standard InChI is InChI=1S/C7H11NO3S/c1-12(9,10)6-7(2-3-8)4-11-5-7/h2,4-6H2,1H3. The van der Waals surface area contributed by atoms with Gasteiger partial charge in [0.2, 0.25) is 0 Å². The highest BCUT2D eigenvalue weighted by Crippen LogP contribution is 2.32. The second kappa shape index (κ2) is 3.04. The first-order chi connectivity index (χ1) is 5.47. The molecule has 0 N–H and O–H groups in total. The summed E-state index contributed by atoms with van der Waals surface area (Å²) in [6.45, 7) is 0.793. The summed E-state index contributed by atoms with van der Waals surface area (Å²) in [6.07, 6.45) is 1.45. The van der Waals surface area contributed by atoms with Gasteiger partial charge in [-0.15, -0.1) is 0 Å². The fourth-order valence-electron chi connectivity index (χ4n) is 1.35. The van der Waals surface area contributed by atoms with Crippen molar-refractivity contribution in [2.45, 2.75) is 6.42 Å². The lowest BCUT2D eigenvalue weighted by Gasteiger charge is -2.38. The minimum Gasteiger partial charge on any atom is -0.380 e. The number of sulfone groups is 1. The SMILES string of the molecule is CS(=O)(=O)CC1(CC#N)COC1. The van der Waals surface area contributed by atoms with Gasteiger partial charge in [-0.1, -0.05) is 0 Å². The van der Waals surface area contributed by atoms with Gasteiger partial charge in [-0.25, -0.2) is 8.42 Å². The van der Waals surface area contributed by atoms with Gasteiger partial charge in [-0.2, -0.15) is 5.26 Å². The molecule has 1 aliphatic heterocycles. The van der Waals surface area contributed by atoms with Crippen LogP contribution in [0.4, 0.5) is 0 Å². The molecule has 0 atom stereocenters. The third-order valence-electron chi connectivity index (χ3n) is 1.84. The third kappa shape index (κ3) is 2.19. The van der Waals surface area contributed by atoms with Crippen LogP contribution in [0.3, 0.4) is 0 Å². The smallest absolute Gasteiger partial charge is 0.148 e. The van der Waals surface area contributed by atoms with Crippen molar-refractivity contribution in [2.24, 2.45) is 5.41 Å². The molecule has 1 rings (SSSR count). The quantitative estimate of drug-likeness (QED) is 0.624. The molecule has 0 saturated carbocycles. The van der Waals surface area contributed by atoms with E-state index in [4.69, 9.17) is 10.00 Å². The summed E-state index contributed by atoms with van der Waals surface area (Å²) in [5.74, 6) is 0.0631. The summed E-state index contributed by atoms with van der Waals surface area (Å²) in [6, 6.07) is 1.99. The van der Waals surface area contributed by atoms with Crippen LogP contribution < -0.4 is 0 Å². The lowest BCUT2D eigenvalue weighted by atomic mass is 9.85. The van der Waals surface area contributed by atoms with Crippen molar-refractivity contribution < 1.29 is 13.2 Å². The molecule has 5 heteroatoms. The van der Waals surface area contributed by atoms with Crippen molar-refractivity contribution in [3.8, 4) is 6.07 Å². The highest BCUT2D eigenvalue weighted by Gasteiger charge is 2.41. The molecule has 1 saturated heterocycles. The Hall–Kier alpha value is -0.600. The summed E-state index contributed by atoms with van der Waals surface area (Å²) >= 11 is 0. The highest BCUT2D eigenvalue weighted by molar-refractivity contribution is 7.90. The van der Waals surface area contributed by atoms with Gasteiger partial charge in [0.1, 0.15) is 9.84 Å². The number of ether oxygens (including phenoxy) is 1. The zero-order chi connectivity index (χ0) is 9.24. The molecular weight excluding hydrogens is 178 g/mol. The zero-order valence-corrected chi connectivity index (χ0v) is 7.73. The molecule has 0 amide bonds. The number of hydrogen-bond acceptors (Lipinski definition) is 4. The molecule has 1 aliphatic rings. The number of rotatable bonds is 3. The molecule has 0 aromatic heterocycles. The lowest BCUT2D eigenvalue weighted by molar-refractivity contribution is -0.0955. The van der Waals surface area contributed by atoms with E-state index in [1.54, 1.807) is 0 Å². The number of nitrogens with zero attached hydrogens (tertiary/aromatic N) is 1. The van der Waals surface area contributed by atoms with Crippen LogP contribution >= 0.6 is 0 Å². The van der Waals surface area contributed by atoms with Crippen LogP contribution in [-0.2, 0) is 14.6 Å². The van der Waals surface area contributed by atoms with Crippen molar-refractivity contribution in [2.75, 3.05) is 25.2 Å². The molecule has 0 aliphatic carbocycles. The Morgan fingerprint density at radius 3 is 2.42 bits per heavy atom. The Morgan fingerprint density at radius 1 is 1.58 bits per heavy atom. The van der Waals surface area contributed by atoms with E-state index in [1.807, 2.05) is 6.07 Å². The topological polar surface area (TPSA) is 67.2 Å². The first-order valence-corrected chi connectivity index (χ1v) is 5.66. The first-order valence-electron chi connectivity index (χ1n) is 3.60. The van der Waals surface area contributed by atoms with Crippen LogP contribution in [0.2, 0.25) is 0 Å². The van der Waals surface area contributed by atoms with Crippen LogP contribution in [0.25, 0.3) is 0 Å². The van der Waals surface area contributed by atoms with Crippen molar-refractivity contribution in [3.63, 3.8) is 0 Å². The molecule has 0 unspecified atom stereocenters. The normalized spacial score (nSPS) is 21.0. The summed E-state index contributed by atoms with van der Waals surface area (Å²) in [7, 11) is -3.00. The van der Waals surface area contributed by atoms with Gasteiger partial charge in [0.15, 0.2) is 0 Å². The third-order valence-corrected chi connectivity index (χ3v) is 2.98. The average Bonchev–Trinajstić information content (AvgIpc) is 1.80. The summed E-state index contributed by atoms with van der Waals surface area (Å²) in [4.78, 5) is 0. The van der Waals surface area contributed by atoms with E-state index in [-0.39, 0.29) is 12.2 Å².